The molecular formula is C28H46Cl2N2O4. The van der Waals surface area contributed by atoms with Crippen LogP contribution in [-0.2, 0) is 29.0 Å². The Kier molecular flexibility index (Phi) is 17.3. The topological polar surface area (TPSA) is 62.5 Å². The summed E-state index contributed by atoms with van der Waals surface area (Å²) in [4.78, 5) is 23.5. The van der Waals surface area contributed by atoms with Gasteiger partial charge in [-0.3, -0.25) is 0 Å². The van der Waals surface area contributed by atoms with E-state index < -0.39 is 0 Å². The maximum Gasteiger partial charge on any atom is 0.356 e. The molecule has 0 aliphatic carbocycles. The maximum absolute atomic E-state index is 11.8. The van der Waals surface area contributed by atoms with Gasteiger partial charge in [0.2, 0.25) is 0 Å². The Bertz CT molecular complexity index is 992. The first-order chi connectivity index (χ1) is 15.5. The highest BCUT2D eigenvalue weighted by Gasteiger charge is 2.22. The van der Waals surface area contributed by atoms with Gasteiger partial charge in [0.1, 0.15) is 11.4 Å². The van der Waals surface area contributed by atoms with Crippen molar-refractivity contribution in [2.75, 3.05) is 13.2 Å². The molecule has 2 aliphatic rings. The highest BCUT2D eigenvalue weighted by Crippen LogP contribution is 2.27. The molecule has 0 spiro atoms. The molecule has 36 heavy (non-hydrogen) atoms. The Morgan fingerprint density at radius 3 is 1.97 bits per heavy atom. The predicted molar refractivity (Wildman–Crippen MR) is 154 cm³/mol. The van der Waals surface area contributed by atoms with E-state index in [0.29, 0.717) is 34.6 Å². The average Bonchev–Trinajstić information content (AvgIpc) is 3.01. The van der Waals surface area contributed by atoms with Crippen molar-refractivity contribution in [3.63, 3.8) is 0 Å². The van der Waals surface area contributed by atoms with Crippen molar-refractivity contribution < 1.29 is 19.1 Å². The highest BCUT2D eigenvalue weighted by atomic mass is 35.5. The van der Waals surface area contributed by atoms with Crippen LogP contribution in [0.25, 0.3) is 6.08 Å². The summed E-state index contributed by atoms with van der Waals surface area (Å²) in [5.41, 5.74) is 3.14. The number of allylic oxidation sites excluding steroid dienone is 1. The standard InChI is InChI=1S/C12H16ClNO2.C12H14ClNO2.4CH4/c2*1-2-16-12(15)11-10(13)8-9-6-4-3-5-7-14(9)11;;;;/h8H,2-7H2,1H3;4,6,8H,2-3,5,7H2,1H3;4*1H4. The number of ether oxygens (including phenoxy) is 2. The maximum atomic E-state index is 11.8. The van der Waals surface area contributed by atoms with Gasteiger partial charge in [-0.1, -0.05) is 65.4 Å². The number of carbonyl (C=O) groups is 2. The number of fused-ring (bicyclic) bond motifs is 2. The normalized spacial score (nSPS) is 13.2. The Hall–Kier alpha value is -2.18. The third-order valence-electron chi connectivity index (χ3n) is 5.51. The lowest BCUT2D eigenvalue weighted by molar-refractivity contribution is 0.0504. The summed E-state index contributed by atoms with van der Waals surface area (Å²) in [6.07, 6.45) is 10.6. The van der Waals surface area contributed by atoms with Crippen LogP contribution in [0, 0.1) is 0 Å². The van der Waals surface area contributed by atoms with Crippen molar-refractivity contribution >= 4 is 41.2 Å². The second-order valence-electron chi connectivity index (χ2n) is 7.70. The molecule has 0 fully saturated rings. The van der Waals surface area contributed by atoms with E-state index in [2.05, 4.69) is 6.08 Å². The molecule has 0 saturated carbocycles. The zero-order valence-electron chi connectivity index (χ0n) is 18.7. The summed E-state index contributed by atoms with van der Waals surface area (Å²) in [6, 6.07) is 3.72. The number of aromatic nitrogens is 2. The van der Waals surface area contributed by atoms with Crippen molar-refractivity contribution in [2.24, 2.45) is 0 Å². The summed E-state index contributed by atoms with van der Waals surface area (Å²) < 4.78 is 14.0. The van der Waals surface area contributed by atoms with Crippen LogP contribution in [0.15, 0.2) is 18.2 Å². The molecular weight excluding hydrogens is 499 g/mol. The van der Waals surface area contributed by atoms with Crippen LogP contribution in [0.1, 0.15) is 108 Å². The third-order valence-corrected chi connectivity index (χ3v) is 6.09. The van der Waals surface area contributed by atoms with E-state index in [-0.39, 0.29) is 41.6 Å². The van der Waals surface area contributed by atoms with Crippen LogP contribution < -0.4 is 0 Å². The van der Waals surface area contributed by atoms with E-state index in [9.17, 15) is 9.59 Å². The smallest absolute Gasteiger partial charge is 0.356 e. The minimum absolute atomic E-state index is 0. The molecule has 0 N–H and O–H groups in total. The number of hydrogen-bond donors (Lipinski definition) is 0. The van der Waals surface area contributed by atoms with E-state index in [1.54, 1.807) is 13.8 Å². The minimum atomic E-state index is -0.339. The van der Waals surface area contributed by atoms with Crippen molar-refractivity contribution in [3.05, 3.63) is 51.0 Å². The Balaban J connectivity index is 0. The Morgan fingerprint density at radius 2 is 1.36 bits per heavy atom. The van der Waals surface area contributed by atoms with Gasteiger partial charge in [0.05, 0.1) is 23.3 Å². The van der Waals surface area contributed by atoms with Gasteiger partial charge in [0.15, 0.2) is 0 Å². The predicted octanol–water partition coefficient (Wildman–Crippen LogP) is 8.71. The lowest BCUT2D eigenvalue weighted by Gasteiger charge is -2.09. The molecule has 0 saturated heterocycles. The van der Waals surface area contributed by atoms with Gasteiger partial charge in [-0.2, -0.15) is 0 Å². The van der Waals surface area contributed by atoms with Gasteiger partial charge in [-0.15, -0.1) is 0 Å². The Morgan fingerprint density at radius 1 is 0.806 bits per heavy atom. The van der Waals surface area contributed by atoms with Crippen LogP contribution in [-0.4, -0.2) is 34.3 Å². The number of rotatable bonds is 4. The molecule has 0 radical (unpaired) electrons. The highest BCUT2D eigenvalue weighted by molar-refractivity contribution is 6.34. The zero-order chi connectivity index (χ0) is 23.1. The number of aryl methyl sites for hydroxylation is 1. The van der Waals surface area contributed by atoms with Crippen molar-refractivity contribution in [2.45, 2.75) is 95.2 Å². The fourth-order valence-electron chi connectivity index (χ4n) is 4.08. The second-order valence-corrected chi connectivity index (χ2v) is 8.51. The van der Waals surface area contributed by atoms with E-state index in [1.807, 2.05) is 27.3 Å². The number of hydrogen-bond acceptors (Lipinski definition) is 4. The molecule has 4 rings (SSSR count). The first-order valence-corrected chi connectivity index (χ1v) is 12.0. The van der Waals surface area contributed by atoms with Gasteiger partial charge >= 0.3 is 11.9 Å². The Labute approximate surface area is 228 Å². The molecule has 0 aromatic carbocycles. The molecule has 0 unspecified atom stereocenters. The summed E-state index contributed by atoms with van der Waals surface area (Å²) in [5, 5.41) is 0.996. The van der Waals surface area contributed by atoms with Crippen LogP contribution in [0.4, 0.5) is 0 Å². The molecule has 6 nitrogen and oxygen atoms in total. The molecule has 206 valence electrons. The lowest BCUT2D eigenvalue weighted by Crippen LogP contribution is -2.13. The molecule has 8 heteroatoms. The van der Waals surface area contributed by atoms with Crippen molar-refractivity contribution in [1.82, 2.24) is 9.13 Å². The van der Waals surface area contributed by atoms with Crippen LogP contribution in [0.5, 0.6) is 0 Å². The SMILES string of the molecule is C.C.C.C.CCOC(=O)c1c(Cl)cc2n1CCCC=C2.CCOC(=O)c1c(Cl)cc2n1CCCCC2. The molecule has 2 aromatic rings. The number of halogens is 2. The monoisotopic (exact) mass is 544 g/mol. The number of carbonyl (C=O) groups excluding carboxylic acids is 2. The molecule has 0 amide bonds. The van der Waals surface area contributed by atoms with Gasteiger partial charge in [0, 0.05) is 24.5 Å². The molecule has 0 atom stereocenters. The quantitative estimate of drug-likeness (QED) is 0.361. The van der Waals surface area contributed by atoms with E-state index in [4.69, 9.17) is 32.7 Å². The van der Waals surface area contributed by atoms with Gasteiger partial charge in [-0.05, 0) is 64.2 Å². The average molecular weight is 546 g/mol. The summed E-state index contributed by atoms with van der Waals surface area (Å²) >= 11 is 12.2. The third kappa shape index (κ3) is 8.45. The fraction of sp³-hybridized carbons (Fsp3) is 0.571. The van der Waals surface area contributed by atoms with Crippen LogP contribution >= 0.6 is 23.2 Å². The number of nitrogens with zero attached hydrogens (tertiary/aromatic N) is 2. The van der Waals surface area contributed by atoms with Gasteiger partial charge < -0.3 is 18.6 Å². The van der Waals surface area contributed by atoms with Crippen molar-refractivity contribution in [1.29, 1.82) is 0 Å². The molecule has 2 aliphatic heterocycles. The van der Waals surface area contributed by atoms with Gasteiger partial charge in [0.25, 0.3) is 0 Å². The van der Waals surface area contributed by atoms with E-state index in [1.165, 1.54) is 12.8 Å². The van der Waals surface area contributed by atoms with E-state index >= 15 is 0 Å². The van der Waals surface area contributed by atoms with Crippen molar-refractivity contribution in [3.8, 4) is 0 Å². The minimum Gasteiger partial charge on any atom is -0.461 e. The molecule has 4 heterocycles. The summed E-state index contributed by atoms with van der Waals surface area (Å²) in [7, 11) is 0. The molecule has 0 bridgehead atoms. The van der Waals surface area contributed by atoms with Crippen LogP contribution in [0.2, 0.25) is 10.0 Å². The molecule has 2 aromatic heterocycles. The fourth-order valence-corrected chi connectivity index (χ4v) is 4.68. The lowest BCUT2D eigenvalue weighted by atomic mass is 10.2. The van der Waals surface area contributed by atoms with E-state index in [0.717, 1.165) is 50.2 Å². The largest absolute Gasteiger partial charge is 0.461 e. The summed E-state index contributed by atoms with van der Waals surface area (Å²) in [6.45, 7) is 6.02. The first kappa shape index (κ1) is 36.0. The van der Waals surface area contributed by atoms with Crippen LogP contribution in [0.3, 0.4) is 0 Å². The summed E-state index contributed by atoms with van der Waals surface area (Å²) in [5.74, 6) is -0.644. The second kappa shape index (κ2) is 17.3. The zero-order valence-corrected chi connectivity index (χ0v) is 20.2. The first-order valence-electron chi connectivity index (χ1n) is 11.3. The van der Waals surface area contributed by atoms with Gasteiger partial charge in [-0.25, -0.2) is 9.59 Å². The number of esters is 2.